The molecule has 2 unspecified atom stereocenters. The average Bonchev–Trinajstić information content (AvgIpc) is 2.55. The normalized spacial score (nSPS) is 30.8. The van der Waals surface area contributed by atoms with E-state index in [1.54, 1.807) is 0 Å². The molecular formula is C16H29NO2. The van der Waals surface area contributed by atoms with E-state index in [0.29, 0.717) is 30.0 Å². The predicted molar refractivity (Wildman–Crippen MR) is 77.0 cm³/mol. The molecule has 0 aliphatic carbocycles. The largest absolute Gasteiger partial charge is 0.449 e. The zero-order valence-electron chi connectivity index (χ0n) is 13.1. The van der Waals surface area contributed by atoms with Crippen molar-refractivity contribution in [3.05, 3.63) is 0 Å². The van der Waals surface area contributed by atoms with Gasteiger partial charge in [0.15, 0.2) is 0 Å². The van der Waals surface area contributed by atoms with Crippen LogP contribution in [0.4, 0.5) is 4.79 Å². The van der Waals surface area contributed by atoms with Gasteiger partial charge in [-0.1, -0.05) is 34.6 Å². The van der Waals surface area contributed by atoms with Crippen LogP contribution in [0, 0.1) is 17.3 Å². The van der Waals surface area contributed by atoms with E-state index in [9.17, 15) is 4.79 Å². The Morgan fingerprint density at radius 3 is 2.16 bits per heavy atom. The van der Waals surface area contributed by atoms with Gasteiger partial charge in [0.25, 0.3) is 0 Å². The summed E-state index contributed by atoms with van der Waals surface area (Å²) in [7, 11) is 0. The number of hydrogen-bond acceptors (Lipinski definition) is 2. The Labute approximate surface area is 117 Å². The number of fused-ring (bicyclic) bond motifs is 2. The van der Waals surface area contributed by atoms with E-state index in [1.165, 1.54) is 0 Å². The Bertz CT molecular complexity index is 318. The Kier molecular flexibility index (Phi) is 4.12. The van der Waals surface area contributed by atoms with Gasteiger partial charge < -0.3 is 9.64 Å². The number of amides is 1. The maximum Gasteiger partial charge on any atom is 0.410 e. The summed E-state index contributed by atoms with van der Waals surface area (Å²) < 4.78 is 5.43. The molecular weight excluding hydrogens is 238 g/mol. The summed E-state index contributed by atoms with van der Waals surface area (Å²) in [5.41, 5.74) is 0.356. The number of rotatable bonds is 2. The molecule has 19 heavy (non-hydrogen) atoms. The molecule has 3 heteroatoms. The SMILES string of the molecule is CC(C)COC(=O)N1C2CCC1CC(C(C)(C)C)C2. The van der Waals surface area contributed by atoms with Crippen LogP contribution in [0.3, 0.4) is 0 Å². The highest BCUT2D eigenvalue weighted by molar-refractivity contribution is 5.69. The number of nitrogens with zero attached hydrogens (tertiary/aromatic N) is 1. The fraction of sp³-hybridized carbons (Fsp3) is 0.938. The fourth-order valence-corrected chi connectivity index (χ4v) is 3.49. The molecule has 2 bridgehead atoms. The van der Waals surface area contributed by atoms with Crippen LogP contribution >= 0.6 is 0 Å². The maximum atomic E-state index is 12.2. The van der Waals surface area contributed by atoms with Gasteiger partial charge in [0.05, 0.1) is 6.61 Å². The van der Waals surface area contributed by atoms with E-state index in [-0.39, 0.29) is 6.09 Å². The van der Waals surface area contributed by atoms with E-state index >= 15 is 0 Å². The van der Waals surface area contributed by atoms with Gasteiger partial charge in [-0.2, -0.15) is 0 Å². The highest BCUT2D eigenvalue weighted by atomic mass is 16.6. The Morgan fingerprint density at radius 1 is 1.21 bits per heavy atom. The second kappa shape index (κ2) is 5.34. The summed E-state index contributed by atoms with van der Waals surface area (Å²) in [6.07, 6.45) is 4.55. The third kappa shape index (κ3) is 3.24. The molecule has 2 fully saturated rings. The standard InChI is InChI=1S/C16H29NO2/c1-11(2)10-19-15(18)17-13-6-7-14(17)9-12(8-13)16(3,4)5/h11-14H,6-10H2,1-5H3. The number of carbonyl (C=O) groups excluding carboxylic acids is 1. The summed E-state index contributed by atoms with van der Waals surface area (Å²) in [5, 5.41) is 0. The molecule has 2 aliphatic rings. The van der Waals surface area contributed by atoms with Crippen LogP contribution in [0.2, 0.25) is 0 Å². The highest BCUT2D eigenvalue weighted by Crippen LogP contribution is 2.45. The molecule has 1 amide bonds. The van der Waals surface area contributed by atoms with E-state index in [2.05, 4.69) is 34.6 Å². The van der Waals surface area contributed by atoms with Gasteiger partial charge >= 0.3 is 6.09 Å². The smallest absolute Gasteiger partial charge is 0.410 e. The Hall–Kier alpha value is -0.730. The zero-order chi connectivity index (χ0) is 14.2. The van der Waals surface area contributed by atoms with Crippen molar-refractivity contribution in [2.24, 2.45) is 17.3 Å². The third-order valence-electron chi connectivity index (χ3n) is 4.71. The monoisotopic (exact) mass is 267 g/mol. The van der Waals surface area contributed by atoms with Crippen molar-refractivity contribution < 1.29 is 9.53 Å². The molecule has 0 saturated carbocycles. The second-order valence-electron chi connectivity index (χ2n) is 7.80. The van der Waals surface area contributed by atoms with Crippen molar-refractivity contribution >= 4 is 6.09 Å². The van der Waals surface area contributed by atoms with E-state index < -0.39 is 0 Å². The van der Waals surface area contributed by atoms with E-state index in [1.807, 2.05) is 4.90 Å². The quantitative estimate of drug-likeness (QED) is 0.755. The fourth-order valence-electron chi connectivity index (χ4n) is 3.49. The summed E-state index contributed by atoms with van der Waals surface area (Å²) >= 11 is 0. The van der Waals surface area contributed by atoms with Crippen molar-refractivity contribution in [3.8, 4) is 0 Å². The molecule has 0 N–H and O–H groups in total. The Morgan fingerprint density at radius 2 is 1.74 bits per heavy atom. The van der Waals surface area contributed by atoms with Gasteiger partial charge in [-0.15, -0.1) is 0 Å². The minimum absolute atomic E-state index is 0.0754. The highest BCUT2D eigenvalue weighted by Gasteiger charge is 2.46. The number of carbonyl (C=O) groups is 1. The number of piperidine rings is 1. The van der Waals surface area contributed by atoms with Gasteiger partial charge in [-0.25, -0.2) is 4.79 Å². The second-order valence-corrected chi connectivity index (χ2v) is 7.80. The van der Waals surface area contributed by atoms with Gasteiger partial charge in [-0.3, -0.25) is 0 Å². The first-order valence-electron chi connectivity index (χ1n) is 7.74. The molecule has 2 aliphatic heterocycles. The van der Waals surface area contributed by atoms with Crippen LogP contribution in [-0.4, -0.2) is 29.7 Å². The lowest BCUT2D eigenvalue weighted by Gasteiger charge is -2.43. The molecule has 0 aromatic carbocycles. The molecule has 0 radical (unpaired) electrons. The van der Waals surface area contributed by atoms with Crippen molar-refractivity contribution in [1.82, 2.24) is 4.90 Å². The molecule has 2 saturated heterocycles. The van der Waals surface area contributed by atoms with Crippen LogP contribution in [0.25, 0.3) is 0 Å². The summed E-state index contributed by atoms with van der Waals surface area (Å²) in [5.74, 6) is 1.15. The van der Waals surface area contributed by atoms with Gasteiger partial charge in [0.1, 0.15) is 0 Å². The number of ether oxygens (including phenoxy) is 1. The summed E-state index contributed by atoms with van der Waals surface area (Å²) in [6, 6.07) is 0.838. The van der Waals surface area contributed by atoms with Gasteiger partial charge in [0.2, 0.25) is 0 Å². The minimum Gasteiger partial charge on any atom is -0.449 e. The van der Waals surface area contributed by atoms with Crippen LogP contribution < -0.4 is 0 Å². The summed E-state index contributed by atoms with van der Waals surface area (Å²) in [4.78, 5) is 14.3. The van der Waals surface area contributed by atoms with Gasteiger partial charge in [-0.05, 0) is 42.9 Å². The maximum absolute atomic E-state index is 12.2. The molecule has 3 nitrogen and oxygen atoms in total. The van der Waals surface area contributed by atoms with E-state index in [4.69, 9.17) is 4.74 Å². The van der Waals surface area contributed by atoms with Crippen LogP contribution in [0.1, 0.15) is 60.3 Å². The number of hydrogen-bond donors (Lipinski definition) is 0. The predicted octanol–water partition coefficient (Wildman–Crippen LogP) is 4.07. The molecule has 2 atom stereocenters. The average molecular weight is 267 g/mol. The van der Waals surface area contributed by atoms with E-state index in [0.717, 1.165) is 31.6 Å². The first-order chi connectivity index (χ1) is 8.79. The molecule has 0 spiro atoms. The molecule has 110 valence electrons. The lowest BCUT2D eigenvalue weighted by Crippen LogP contribution is -2.49. The zero-order valence-corrected chi connectivity index (χ0v) is 13.1. The topological polar surface area (TPSA) is 29.5 Å². The summed E-state index contributed by atoms with van der Waals surface area (Å²) in [6.45, 7) is 11.7. The molecule has 0 aromatic rings. The molecule has 0 aromatic heterocycles. The lowest BCUT2D eigenvalue weighted by molar-refractivity contribution is 0.0312. The Balaban J connectivity index is 1.97. The van der Waals surface area contributed by atoms with Gasteiger partial charge in [0, 0.05) is 12.1 Å². The van der Waals surface area contributed by atoms with Crippen molar-refractivity contribution in [2.45, 2.75) is 72.4 Å². The van der Waals surface area contributed by atoms with Crippen LogP contribution in [0.5, 0.6) is 0 Å². The lowest BCUT2D eigenvalue weighted by atomic mass is 9.73. The molecule has 2 heterocycles. The first kappa shape index (κ1) is 14.7. The first-order valence-corrected chi connectivity index (χ1v) is 7.74. The van der Waals surface area contributed by atoms with Crippen molar-refractivity contribution in [3.63, 3.8) is 0 Å². The third-order valence-corrected chi connectivity index (χ3v) is 4.71. The van der Waals surface area contributed by atoms with Crippen molar-refractivity contribution in [1.29, 1.82) is 0 Å². The van der Waals surface area contributed by atoms with Crippen molar-refractivity contribution in [2.75, 3.05) is 6.61 Å². The van der Waals surface area contributed by atoms with Crippen LogP contribution in [0.15, 0.2) is 0 Å². The van der Waals surface area contributed by atoms with Crippen LogP contribution in [-0.2, 0) is 4.74 Å². The molecule has 2 rings (SSSR count). The minimum atomic E-state index is -0.0754.